The van der Waals surface area contributed by atoms with Crippen LogP contribution in [0.15, 0.2) is 24.3 Å². The smallest absolute Gasteiger partial charge is 0.00910 e. The van der Waals surface area contributed by atoms with Crippen LogP contribution >= 0.6 is 9.21 Å². The van der Waals surface area contributed by atoms with Crippen molar-refractivity contribution >= 4 is 20.4 Å². The summed E-state index contributed by atoms with van der Waals surface area (Å²) in [6.07, 6.45) is 0. The maximum absolute atomic E-state index is 4.33. The Hall–Kier alpha value is -0.690. The molecular formula is C11H14S. The van der Waals surface area contributed by atoms with E-state index in [-0.39, 0.29) is 0 Å². The Bertz CT molecular complexity index is 376. The summed E-state index contributed by atoms with van der Waals surface area (Å²) >= 11 is 0. The van der Waals surface area contributed by atoms with Crippen LogP contribution in [0.2, 0.25) is 0 Å². The summed E-state index contributed by atoms with van der Waals surface area (Å²) in [6, 6.07) is 8.72. The third-order valence-electron chi connectivity index (χ3n) is 2.50. The summed E-state index contributed by atoms with van der Waals surface area (Å²) < 4.78 is 0. The van der Waals surface area contributed by atoms with E-state index in [9.17, 15) is 0 Å². The van der Waals surface area contributed by atoms with Gasteiger partial charge in [-0.3, -0.25) is 0 Å². The minimum absolute atomic E-state index is 0.676. The Kier molecular flexibility index (Phi) is 1.76. The molecule has 0 N–H and O–H groups in total. The second-order valence-corrected chi connectivity index (χ2v) is 6.68. The molecule has 0 radical (unpaired) electrons. The molecule has 1 heteroatoms. The minimum Gasteiger partial charge on any atom is -0.203 e. The predicted octanol–water partition coefficient (Wildman–Crippen LogP) is 2.76. The summed E-state index contributed by atoms with van der Waals surface area (Å²) in [4.78, 5) is 0. The Morgan fingerprint density at radius 1 is 1.25 bits per heavy atom. The van der Waals surface area contributed by atoms with E-state index in [1.54, 1.807) is 0 Å². The summed E-state index contributed by atoms with van der Waals surface area (Å²) in [5, 5.41) is 2.31. The topological polar surface area (TPSA) is 0 Å². The number of rotatable bonds is 0. The lowest BCUT2D eigenvalue weighted by molar-refractivity contribution is 1.35. The number of hydrogen-bond acceptors (Lipinski definition) is 0. The van der Waals surface area contributed by atoms with Crippen LogP contribution in [-0.2, 0) is 11.5 Å². The highest BCUT2D eigenvalue weighted by Crippen LogP contribution is 2.40. The molecule has 0 unspecified atom stereocenters. The van der Waals surface area contributed by atoms with Crippen LogP contribution in [0.5, 0.6) is 0 Å². The second kappa shape index (κ2) is 2.67. The molecule has 64 valence electrons. The zero-order valence-electron chi connectivity index (χ0n) is 7.42. The Labute approximate surface area is 74.7 Å². The van der Waals surface area contributed by atoms with Gasteiger partial charge >= 0.3 is 0 Å². The molecule has 0 atom stereocenters. The molecule has 0 bridgehead atoms. The minimum atomic E-state index is -0.676. The van der Waals surface area contributed by atoms with Crippen LogP contribution in [-0.4, -0.2) is 11.2 Å². The first-order chi connectivity index (χ1) is 5.73. The SMILES string of the molecule is C=S1(=CC)Cc2ccccc2C1. The average Bonchev–Trinajstić information content (AvgIpc) is 2.42. The van der Waals surface area contributed by atoms with Crippen molar-refractivity contribution in [3.05, 3.63) is 35.4 Å². The molecule has 0 aliphatic carbocycles. The normalized spacial score (nSPS) is 18.8. The molecule has 0 saturated heterocycles. The summed E-state index contributed by atoms with van der Waals surface area (Å²) in [7, 11) is -0.676. The summed E-state index contributed by atoms with van der Waals surface area (Å²) in [6.45, 7) is 2.15. The van der Waals surface area contributed by atoms with Crippen molar-refractivity contribution in [2.24, 2.45) is 0 Å². The first kappa shape index (κ1) is 7.93. The molecule has 0 nitrogen and oxygen atoms in total. The molecule has 1 aliphatic rings. The van der Waals surface area contributed by atoms with Gasteiger partial charge in [0, 0.05) is 11.5 Å². The highest BCUT2D eigenvalue weighted by molar-refractivity contribution is 8.27. The van der Waals surface area contributed by atoms with Crippen molar-refractivity contribution < 1.29 is 0 Å². The molecule has 0 aromatic heterocycles. The maximum Gasteiger partial charge on any atom is 0.00910 e. The van der Waals surface area contributed by atoms with E-state index >= 15 is 0 Å². The molecular weight excluding hydrogens is 164 g/mol. The fourth-order valence-electron chi connectivity index (χ4n) is 1.68. The largest absolute Gasteiger partial charge is 0.203 e. The lowest BCUT2D eigenvalue weighted by atomic mass is 10.1. The van der Waals surface area contributed by atoms with E-state index in [1.807, 2.05) is 0 Å². The zero-order chi connectivity index (χ0) is 8.60. The first-order valence-corrected chi connectivity index (χ1v) is 6.42. The second-order valence-electron chi connectivity index (χ2n) is 3.41. The van der Waals surface area contributed by atoms with Crippen molar-refractivity contribution in [1.82, 2.24) is 0 Å². The molecule has 0 spiro atoms. The van der Waals surface area contributed by atoms with Crippen LogP contribution in [0.25, 0.3) is 0 Å². The monoisotopic (exact) mass is 178 g/mol. The van der Waals surface area contributed by atoms with E-state index in [1.165, 1.54) is 22.6 Å². The van der Waals surface area contributed by atoms with Crippen LogP contribution in [0, 0.1) is 0 Å². The van der Waals surface area contributed by atoms with Crippen LogP contribution < -0.4 is 0 Å². The molecule has 1 aromatic rings. The molecule has 1 heterocycles. The van der Waals surface area contributed by atoms with Crippen LogP contribution in [0.4, 0.5) is 0 Å². The van der Waals surface area contributed by atoms with Crippen LogP contribution in [0.3, 0.4) is 0 Å². The lowest BCUT2D eigenvalue weighted by Crippen LogP contribution is -1.77. The van der Waals surface area contributed by atoms with E-state index < -0.39 is 9.21 Å². The molecule has 0 fully saturated rings. The Balaban J connectivity index is 2.53. The number of hydrogen-bond donors (Lipinski definition) is 0. The summed E-state index contributed by atoms with van der Waals surface area (Å²) in [5.74, 6) is 6.72. The van der Waals surface area contributed by atoms with Crippen molar-refractivity contribution in [3.8, 4) is 0 Å². The number of fused-ring (bicyclic) bond motifs is 1. The van der Waals surface area contributed by atoms with Crippen molar-refractivity contribution in [3.63, 3.8) is 0 Å². The zero-order valence-corrected chi connectivity index (χ0v) is 8.23. The van der Waals surface area contributed by atoms with E-state index in [2.05, 4.69) is 42.4 Å². The van der Waals surface area contributed by atoms with Gasteiger partial charge in [-0.15, -0.1) is 0 Å². The van der Waals surface area contributed by atoms with E-state index in [0.717, 1.165) is 0 Å². The van der Waals surface area contributed by atoms with E-state index in [4.69, 9.17) is 0 Å². The molecule has 1 aromatic carbocycles. The van der Waals surface area contributed by atoms with Gasteiger partial charge in [0.15, 0.2) is 0 Å². The Morgan fingerprint density at radius 2 is 1.75 bits per heavy atom. The fourth-order valence-corrected chi connectivity index (χ4v) is 3.91. The number of benzene rings is 1. The van der Waals surface area contributed by atoms with Gasteiger partial charge in [-0.25, -0.2) is 9.21 Å². The standard InChI is InChI=1S/C11H14S/c1-3-12(2)8-10-6-4-5-7-11(10)9-12/h3-7H,2,8-9H2,1H3. The maximum atomic E-state index is 4.33. The van der Waals surface area contributed by atoms with Gasteiger partial charge in [0.25, 0.3) is 0 Å². The molecule has 0 amide bonds. The molecule has 1 aliphatic heterocycles. The van der Waals surface area contributed by atoms with Gasteiger partial charge in [0.05, 0.1) is 0 Å². The highest BCUT2D eigenvalue weighted by atomic mass is 32.2. The van der Waals surface area contributed by atoms with Gasteiger partial charge in [0.1, 0.15) is 0 Å². The predicted molar refractivity (Wildman–Crippen MR) is 60.3 cm³/mol. The van der Waals surface area contributed by atoms with Crippen molar-refractivity contribution in [1.29, 1.82) is 0 Å². The Morgan fingerprint density at radius 3 is 2.17 bits per heavy atom. The van der Waals surface area contributed by atoms with Gasteiger partial charge in [-0.2, -0.15) is 0 Å². The third kappa shape index (κ3) is 1.18. The third-order valence-corrected chi connectivity index (χ3v) is 5.28. The fraction of sp³-hybridized carbons (Fsp3) is 0.273. The van der Waals surface area contributed by atoms with Crippen molar-refractivity contribution in [2.45, 2.75) is 18.4 Å². The molecule has 12 heavy (non-hydrogen) atoms. The van der Waals surface area contributed by atoms with Crippen molar-refractivity contribution in [2.75, 3.05) is 0 Å². The van der Waals surface area contributed by atoms with Gasteiger partial charge in [-0.1, -0.05) is 35.5 Å². The lowest BCUT2D eigenvalue weighted by Gasteiger charge is -2.03. The van der Waals surface area contributed by atoms with Gasteiger partial charge in [-0.05, 0) is 18.1 Å². The summed E-state index contributed by atoms with van der Waals surface area (Å²) in [5.41, 5.74) is 3.03. The quantitative estimate of drug-likeness (QED) is 0.536. The molecule has 0 saturated carbocycles. The first-order valence-electron chi connectivity index (χ1n) is 4.21. The van der Waals surface area contributed by atoms with Crippen LogP contribution in [0.1, 0.15) is 18.1 Å². The highest BCUT2D eigenvalue weighted by Gasteiger charge is 2.14. The van der Waals surface area contributed by atoms with Gasteiger partial charge < -0.3 is 0 Å². The average molecular weight is 178 g/mol. The van der Waals surface area contributed by atoms with Gasteiger partial charge in [0.2, 0.25) is 0 Å². The molecule has 2 rings (SSSR count). The van der Waals surface area contributed by atoms with E-state index in [0.29, 0.717) is 0 Å².